The lowest BCUT2D eigenvalue weighted by atomic mass is 9.89. The molecule has 4 nitrogen and oxygen atoms in total. The normalized spacial score (nSPS) is 17.1. The molecule has 0 aliphatic heterocycles. The third kappa shape index (κ3) is 3.10. The van der Waals surface area contributed by atoms with E-state index in [1.807, 2.05) is 18.3 Å². The van der Waals surface area contributed by atoms with Gasteiger partial charge in [0, 0.05) is 10.8 Å². The largest absolute Gasteiger partial charge is 0.250 e. The average molecular weight is 371 g/mol. The van der Waals surface area contributed by atoms with Crippen molar-refractivity contribution in [1.82, 2.24) is 14.9 Å². The van der Waals surface area contributed by atoms with Gasteiger partial charge < -0.3 is 0 Å². The Hall–Kier alpha value is -0.790. The van der Waals surface area contributed by atoms with Crippen LogP contribution in [0, 0.1) is 4.77 Å². The highest BCUT2D eigenvalue weighted by molar-refractivity contribution is 9.11. The summed E-state index contributed by atoms with van der Waals surface area (Å²) in [6.45, 7) is 0. The Morgan fingerprint density at radius 3 is 2.90 bits per heavy atom. The molecule has 0 spiro atoms. The summed E-state index contributed by atoms with van der Waals surface area (Å²) in [7, 11) is 0. The molecule has 0 atom stereocenters. The average Bonchev–Trinajstić information content (AvgIpc) is 3.04. The van der Waals surface area contributed by atoms with E-state index < -0.39 is 0 Å². The quantitative estimate of drug-likeness (QED) is 0.628. The van der Waals surface area contributed by atoms with Crippen LogP contribution < -0.4 is 0 Å². The fourth-order valence-electron chi connectivity index (χ4n) is 2.55. The van der Waals surface area contributed by atoms with Crippen molar-refractivity contribution in [3.63, 3.8) is 0 Å². The molecule has 1 N–H and O–H groups in total. The van der Waals surface area contributed by atoms with Gasteiger partial charge >= 0.3 is 0 Å². The molecule has 2 aromatic rings. The first-order chi connectivity index (χ1) is 9.74. The van der Waals surface area contributed by atoms with Crippen molar-refractivity contribution >= 4 is 45.7 Å². The number of rotatable bonds is 3. The van der Waals surface area contributed by atoms with Crippen LogP contribution in [0.25, 0.3) is 0 Å². The van der Waals surface area contributed by atoms with Crippen molar-refractivity contribution in [2.24, 2.45) is 5.10 Å². The molecule has 0 radical (unpaired) electrons. The number of aromatic amines is 1. The smallest absolute Gasteiger partial charge is 0.216 e. The van der Waals surface area contributed by atoms with E-state index in [1.165, 1.54) is 32.1 Å². The van der Waals surface area contributed by atoms with Gasteiger partial charge in [-0.25, -0.2) is 0 Å². The first kappa shape index (κ1) is 14.2. The second-order valence-electron chi connectivity index (χ2n) is 4.92. The molecule has 2 heterocycles. The summed E-state index contributed by atoms with van der Waals surface area (Å²) in [5, 5.41) is 11.8. The van der Waals surface area contributed by atoms with Gasteiger partial charge in [0.15, 0.2) is 5.82 Å². The molecular weight excluding hydrogens is 356 g/mol. The topological polar surface area (TPSA) is 46.0 Å². The predicted molar refractivity (Wildman–Crippen MR) is 88.2 cm³/mol. The number of aromatic nitrogens is 3. The van der Waals surface area contributed by atoms with E-state index in [0.29, 0.717) is 10.7 Å². The monoisotopic (exact) mass is 370 g/mol. The summed E-state index contributed by atoms with van der Waals surface area (Å²) in [6, 6.07) is 4.05. The molecule has 1 aliphatic carbocycles. The lowest BCUT2D eigenvalue weighted by Gasteiger charge is -2.19. The van der Waals surface area contributed by atoms with Crippen molar-refractivity contribution in [3.8, 4) is 0 Å². The van der Waals surface area contributed by atoms with Crippen LogP contribution in [0.2, 0.25) is 0 Å². The van der Waals surface area contributed by atoms with E-state index in [1.54, 1.807) is 16.0 Å². The Kier molecular flexibility index (Phi) is 4.48. The number of halogens is 1. The number of thiophene rings is 1. The van der Waals surface area contributed by atoms with Gasteiger partial charge in [0.25, 0.3) is 0 Å². The minimum atomic E-state index is 0.476. The number of hydrogen-bond acceptors (Lipinski definition) is 4. The second kappa shape index (κ2) is 6.32. The van der Waals surface area contributed by atoms with Gasteiger partial charge in [-0.05, 0) is 53.1 Å². The zero-order valence-electron chi connectivity index (χ0n) is 10.9. The molecule has 7 heteroatoms. The summed E-state index contributed by atoms with van der Waals surface area (Å²) >= 11 is 10.4. The molecule has 0 amide bonds. The van der Waals surface area contributed by atoms with E-state index in [4.69, 9.17) is 12.2 Å². The van der Waals surface area contributed by atoms with Gasteiger partial charge in [-0.15, -0.1) is 11.3 Å². The number of H-pyrrole nitrogens is 1. The van der Waals surface area contributed by atoms with Crippen LogP contribution in [0.4, 0.5) is 0 Å². The van der Waals surface area contributed by atoms with E-state index in [9.17, 15) is 0 Å². The van der Waals surface area contributed by atoms with Gasteiger partial charge in [0.1, 0.15) is 0 Å². The van der Waals surface area contributed by atoms with E-state index in [2.05, 4.69) is 31.2 Å². The molecule has 0 bridgehead atoms. The number of nitrogens with zero attached hydrogens (tertiary/aromatic N) is 3. The fourth-order valence-corrected chi connectivity index (χ4v) is 4.03. The first-order valence-electron chi connectivity index (χ1n) is 6.71. The third-order valence-electron chi connectivity index (χ3n) is 3.54. The van der Waals surface area contributed by atoms with Crippen molar-refractivity contribution in [2.45, 2.75) is 38.0 Å². The molecule has 2 aromatic heterocycles. The van der Waals surface area contributed by atoms with Gasteiger partial charge in [-0.3, -0.25) is 5.10 Å². The Labute approximate surface area is 135 Å². The van der Waals surface area contributed by atoms with Crippen molar-refractivity contribution < 1.29 is 0 Å². The van der Waals surface area contributed by atoms with Gasteiger partial charge in [0.2, 0.25) is 4.77 Å². The van der Waals surface area contributed by atoms with Crippen LogP contribution in [0.1, 0.15) is 48.7 Å². The molecule has 106 valence electrons. The highest BCUT2D eigenvalue weighted by Gasteiger charge is 2.21. The molecule has 20 heavy (non-hydrogen) atoms. The van der Waals surface area contributed by atoms with Crippen molar-refractivity contribution in [2.75, 3.05) is 0 Å². The molecule has 0 saturated heterocycles. The Balaban J connectivity index is 1.87. The molecule has 1 saturated carbocycles. The van der Waals surface area contributed by atoms with E-state index in [-0.39, 0.29) is 0 Å². The highest BCUT2D eigenvalue weighted by Crippen LogP contribution is 2.31. The number of hydrogen-bond donors (Lipinski definition) is 1. The molecule has 3 rings (SSSR count). The molecule has 0 unspecified atom stereocenters. The van der Waals surface area contributed by atoms with Crippen LogP contribution in [-0.2, 0) is 0 Å². The zero-order valence-corrected chi connectivity index (χ0v) is 14.1. The van der Waals surface area contributed by atoms with Crippen LogP contribution in [-0.4, -0.2) is 21.1 Å². The molecular formula is C13H15BrN4S2. The molecule has 1 aliphatic rings. The molecule has 1 fully saturated rings. The maximum absolute atomic E-state index is 5.29. The summed E-state index contributed by atoms with van der Waals surface area (Å²) < 4.78 is 3.44. The van der Waals surface area contributed by atoms with Gasteiger partial charge in [-0.2, -0.15) is 14.9 Å². The van der Waals surface area contributed by atoms with Crippen LogP contribution in [0.15, 0.2) is 21.0 Å². The van der Waals surface area contributed by atoms with Gasteiger partial charge in [0.05, 0.1) is 10.0 Å². The second-order valence-corrected chi connectivity index (χ2v) is 7.80. The lowest BCUT2D eigenvalue weighted by molar-refractivity contribution is 0.419. The highest BCUT2D eigenvalue weighted by atomic mass is 79.9. The SMILES string of the molecule is S=c1[nH]nc(C2CCCCC2)n1/N=C/c1ccc(Br)s1. The van der Waals surface area contributed by atoms with E-state index in [0.717, 1.165) is 14.5 Å². The summed E-state index contributed by atoms with van der Waals surface area (Å²) in [5.74, 6) is 1.45. The lowest BCUT2D eigenvalue weighted by Crippen LogP contribution is -2.10. The number of nitrogens with one attached hydrogen (secondary N) is 1. The summed E-state index contributed by atoms with van der Waals surface area (Å²) in [6.07, 6.45) is 8.07. The third-order valence-corrected chi connectivity index (χ3v) is 5.36. The van der Waals surface area contributed by atoms with Crippen LogP contribution in [0.3, 0.4) is 0 Å². The van der Waals surface area contributed by atoms with Crippen molar-refractivity contribution in [3.05, 3.63) is 31.4 Å². The standard InChI is InChI=1S/C13H15BrN4S2/c14-11-7-6-10(20-11)8-15-18-12(16-17-13(18)19)9-4-2-1-3-5-9/h6-9H,1-5H2,(H,17,19)/b15-8+. The Bertz CT molecular complexity index is 664. The minimum Gasteiger partial charge on any atom is -0.250 e. The van der Waals surface area contributed by atoms with Gasteiger partial charge in [-0.1, -0.05) is 19.3 Å². The first-order valence-corrected chi connectivity index (χ1v) is 8.73. The maximum atomic E-state index is 5.29. The Morgan fingerprint density at radius 1 is 1.40 bits per heavy atom. The van der Waals surface area contributed by atoms with Crippen LogP contribution >= 0.6 is 39.5 Å². The van der Waals surface area contributed by atoms with Crippen molar-refractivity contribution in [1.29, 1.82) is 0 Å². The Morgan fingerprint density at radius 2 is 2.20 bits per heavy atom. The minimum absolute atomic E-state index is 0.476. The predicted octanol–water partition coefficient (Wildman–Crippen LogP) is 4.69. The summed E-state index contributed by atoms with van der Waals surface area (Å²) in [4.78, 5) is 1.09. The van der Waals surface area contributed by atoms with E-state index >= 15 is 0 Å². The molecule has 0 aromatic carbocycles. The zero-order chi connectivity index (χ0) is 13.9. The summed E-state index contributed by atoms with van der Waals surface area (Å²) in [5.41, 5.74) is 0. The fraction of sp³-hybridized carbons (Fsp3) is 0.462. The van der Waals surface area contributed by atoms with Crippen LogP contribution in [0.5, 0.6) is 0 Å². The maximum Gasteiger partial charge on any atom is 0.216 e.